The highest BCUT2D eigenvalue weighted by Gasteiger charge is 2.29. The number of hydrogen-bond acceptors (Lipinski definition) is 6. The van der Waals surface area contributed by atoms with Gasteiger partial charge in [-0.1, -0.05) is 12.1 Å². The minimum absolute atomic E-state index is 0.130. The molecule has 1 aliphatic heterocycles. The molecule has 0 unspecified atom stereocenters. The van der Waals surface area contributed by atoms with E-state index in [9.17, 15) is 4.79 Å². The molecule has 0 aliphatic carbocycles. The number of nitrogen functional groups attached to an aromatic ring is 1. The number of nitrogens with two attached hydrogens (primary N) is 1. The Morgan fingerprint density at radius 3 is 2.68 bits per heavy atom. The van der Waals surface area contributed by atoms with Crippen LogP contribution >= 0.6 is 0 Å². The van der Waals surface area contributed by atoms with Crippen LogP contribution in [0.5, 0.6) is 0 Å². The maximum absolute atomic E-state index is 11.9. The van der Waals surface area contributed by atoms with Crippen LogP contribution in [0.4, 0.5) is 16.4 Å². The Kier molecular flexibility index (Phi) is 4.65. The van der Waals surface area contributed by atoms with Gasteiger partial charge in [0.25, 0.3) is 0 Å². The predicted octanol–water partition coefficient (Wildman–Crippen LogP) is 2.71. The Bertz CT molecular complexity index is 772. The van der Waals surface area contributed by atoms with Crippen molar-refractivity contribution in [2.75, 3.05) is 23.7 Å². The molecule has 0 spiro atoms. The number of carbonyl (C=O) groups excluding carboxylic acids is 1. The van der Waals surface area contributed by atoms with Gasteiger partial charge in [-0.2, -0.15) is 0 Å². The number of aromatic nitrogens is 2. The van der Waals surface area contributed by atoms with Crippen molar-refractivity contribution in [2.24, 2.45) is 0 Å². The maximum Gasteiger partial charge on any atom is 0.407 e. The fourth-order valence-corrected chi connectivity index (χ4v) is 3.06. The van der Waals surface area contributed by atoms with E-state index in [-0.39, 0.29) is 6.04 Å². The standard InChI is InChI=1S/C18H25N5O2/c1-18(2,3)25-17(24)20-11-12-7-6-10-23(12)16-15(19)21-13-8-4-5-9-14(13)22-16/h4-5,8-9,12H,6-7,10-11H2,1-3H3,(H2,19,21)(H,20,24)/t12-/m0/s1. The molecule has 134 valence electrons. The normalized spacial score (nSPS) is 17.7. The highest BCUT2D eigenvalue weighted by molar-refractivity contribution is 5.80. The largest absolute Gasteiger partial charge is 0.444 e. The first-order valence-electron chi connectivity index (χ1n) is 8.59. The number of benzene rings is 1. The van der Waals surface area contributed by atoms with Crippen LogP contribution < -0.4 is 16.0 Å². The summed E-state index contributed by atoms with van der Waals surface area (Å²) in [6, 6.07) is 7.80. The summed E-state index contributed by atoms with van der Waals surface area (Å²) < 4.78 is 5.30. The molecule has 2 heterocycles. The third-order valence-electron chi connectivity index (χ3n) is 4.11. The van der Waals surface area contributed by atoms with Crippen LogP contribution in [0.1, 0.15) is 33.6 Å². The molecule has 3 rings (SSSR count). The van der Waals surface area contributed by atoms with Crippen molar-refractivity contribution in [3.8, 4) is 0 Å². The van der Waals surface area contributed by atoms with Gasteiger partial charge >= 0.3 is 6.09 Å². The molecular formula is C18H25N5O2. The summed E-state index contributed by atoms with van der Waals surface area (Å²) in [4.78, 5) is 23.2. The predicted molar refractivity (Wildman–Crippen MR) is 98.6 cm³/mol. The van der Waals surface area contributed by atoms with E-state index in [4.69, 9.17) is 10.5 Å². The van der Waals surface area contributed by atoms with E-state index in [2.05, 4.69) is 20.2 Å². The van der Waals surface area contributed by atoms with E-state index < -0.39 is 11.7 Å². The van der Waals surface area contributed by atoms with Crippen molar-refractivity contribution in [1.82, 2.24) is 15.3 Å². The third kappa shape index (κ3) is 4.10. The molecule has 1 amide bonds. The lowest BCUT2D eigenvalue weighted by molar-refractivity contribution is 0.0525. The second-order valence-electron chi connectivity index (χ2n) is 7.29. The third-order valence-corrected chi connectivity index (χ3v) is 4.11. The number of hydrogen-bond donors (Lipinski definition) is 2. The van der Waals surface area contributed by atoms with Crippen molar-refractivity contribution >= 4 is 28.8 Å². The molecule has 1 atom stereocenters. The molecule has 0 radical (unpaired) electrons. The lowest BCUT2D eigenvalue weighted by Gasteiger charge is -2.27. The Morgan fingerprint density at radius 1 is 1.32 bits per heavy atom. The van der Waals surface area contributed by atoms with Crippen LogP contribution in [0.15, 0.2) is 24.3 Å². The topological polar surface area (TPSA) is 93.4 Å². The zero-order chi connectivity index (χ0) is 18.0. The zero-order valence-electron chi connectivity index (χ0n) is 15.0. The quantitative estimate of drug-likeness (QED) is 0.890. The Balaban J connectivity index is 1.73. The Morgan fingerprint density at radius 2 is 2.00 bits per heavy atom. The molecule has 7 nitrogen and oxygen atoms in total. The lowest BCUT2D eigenvalue weighted by Crippen LogP contribution is -2.42. The van der Waals surface area contributed by atoms with Crippen molar-refractivity contribution in [3.05, 3.63) is 24.3 Å². The smallest absolute Gasteiger partial charge is 0.407 e. The number of rotatable bonds is 3. The summed E-state index contributed by atoms with van der Waals surface area (Å²) in [6.45, 7) is 6.88. The van der Waals surface area contributed by atoms with Crippen molar-refractivity contribution < 1.29 is 9.53 Å². The molecule has 25 heavy (non-hydrogen) atoms. The van der Waals surface area contributed by atoms with E-state index in [1.54, 1.807) is 0 Å². The van der Waals surface area contributed by atoms with Crippen LogP contribution in [0.2, 0.25) is 0 Å². The molecule has 0 bridgehead atoms. The van der Waals surface area contributed by atoms with E-state index in [1.165, 1.54) is 0 Å². The van der Waals surface area contributed by atoms with Gasteiger partial charge in [-0.15, -0.1) is 0 Å². The molecular weight excluding hydrogens is 318 g/mol. The SMILES string of the molecule is CC(C)(C)OC(=O)NC[C@@H]1CCCN1c1nc2ccccc2nc1N. The summed E-state index contributed by atoms with van der Waals surface area (Å²) in [7, 11) is 0. The average molecular weight is 343 g/mol. The number of nitrogens with one attached hydrogen (secondary N) is 1. The minimum Gasteiger partial charge on any atom is -0.444 e. The molecule has 2 aromatic rings. The summed E-state index contributed by atoms with van der Waals surface area (Å²) in [5, 5.41) is 2.85. The van der Waals surface area contributed by atoms with Gasteiger partial charge in [0.15, 0.2) is 11.6 Å². The number of anilines is 2. The molecule has 1 saturated heterocycles. The van der Waals surface area contributed by atoms with Gasteiger partial charge in [0, 0.05) is 19.1 Å². The number of para-hydroxylation sites is 2. The monoisotopic (exact) mass is 343 g/mol. The maximum atomic E-state index is 11.9. The van der Waals surface area contributed by atoms with Gasteiger partial charge in [-0.3, -0.25) is 0 Å². The van der Waals surface area contributed by atoms with E-state index in [0.29, 0.717) is 18.2 Å². The average Bonchev–Trinajstić information content (AvgIpc) is 2.99. The number of nitrogens with zero attached hydrogens (tertiary/aromatic N) is 3. The number of ether oxygens (including phenoxy) is 1. The molecule has 1 aromatic heterocycles. The highest BCUT2D eigenvalue weighted by atomic mass is 16.6. The second-order valence-corrected chi connectivity index (χ2v) is 7.29. The summed E-state index contributed by atoms with van der Waals surface area (Å²) in [5.41, 5.74) is 7.24. The van der Waals surface area contributed by atoms with E-state index in [1.807, 2.05) is 45.0 Å². The van der Waals surface area contributed by atoms with Gasteiger partial charge < -0.3 is 20.7 Å². The number of alkyl carbamates (subject to hydrolysis) is 1. The van der Waals surface area contributed by atoms with Crippen LogP contribution in [0, 0.1) is 0 Å². The van der Waals surface area contributed by atoms with Gasteiger partial charge in [0.2, 0.25) is 0 Å². The molecule has 0 saturated carbocycles. The Hall–Kier alpha value is -2.57. The highest BCUT2D eigenvalue weighted by Crippen LogP contribution is 2.29. The number of carbonyl (C=O) groups is 1. The van der Waals surface area contributed by atoms with Gasteiger partial charge in [0.05, 0.1) is 11.0 Å². The first-order valence-corrected chi connectivity index (χ1v) is 8.59. The van der Waals surface area contributed by atoms with Crippen molar-refractivity contribution in [1.29, 1.82) is 0 Å². The zero-order valence-corrected chi connectivity index (χ0v) is 15.0. The van der Waals surface area contributed by atoms with Gasteiger partial charge in [-0.25, -0.2) is 14.8 Å². The summed E-state index contributed by atoms with van der Waals surface area (Å²) >= 11 is 0. The van der Waals surface area contributed by atoms with Gasteiger partial charge in [0.1, 0.15) is 5.60 Å². The lowest BCUT2D eigenvalue weighted by atomic mass is 10.2. The first kappa shape index (κ1) is 17.3. The van der Waals surface area contributed by atoms with Crippen LogP contribution in [0.3, 0.4) is 0 Å². The van der Waals surface area contributed by atoms with Crippen LogP contribution in [0.25, 0.3) is 11.0 Å². The molecule has 3 N–H and O–H groups in total. The Labute approximate surface area is 147 Å². The van der Waals surface area contributed by atoms with E-state index >= 15 is 0 Å². The molecule has 7 heteroatoms. The van der Waals surface area contributed by atoms with Crippen molar-refractivity contribution in [3.63, 3.8) is 0 Å². The first-order chi connectivity index (χ1) is 11.8. The van der Waals surface area contributed by atoms with Crippen LogP contribution in [-0.4, -0.2) is 40.8 Å². The molecule has 1 fully saturated rings. The number of amides is 1. The fourth-order valence-electron chi connectivity index (χ4n) is 3.06. The molecule has 1 aromatic carbocycles. The van der Waals surface area contributed by atoms with Gasteiger partial charge in [-0.05, 0) is 45.7 Å². The summed E-state index contributed by atoms with van der Waals surface area (Å²) in [5.74, 6) is 1.11. The number of fused-ring (bicyclic) bond motifs is 1. The summed E-state index contributed by atoms with van der Waals surface area (Å²) in [6.07, 6.45) is 1.58. The van der Waals surface area contributed by atoms with E-state index in [0.717, 1.165) is 30.4 Å². The minimum atomic E-state index is -0.506. The van der Waals surface area contributed by atoms with Crippen LogP contribution in [-0.2, 0) is 4.74 Å². The molecule has 1 aliphatic rings. The van der Waals surface area contributed by atoms with Crippen molar-refractivity contribution in [2.45, 2.75) is 45.3 Å². The second kappa shape index (κ2) is 6.74. The fraction of sp³-hybridized carbons (Fsp3) is 0.500.